The van der Waals surface area contributed by atoms with E-state index >= 15 is 0 Å². The highest BCUT2D eigenvalue weighted by molar-refractivity contribution is 5.85. The first-order valence-corrected chi connectivity index (χ1v) is 10.8. The summed E-state index contributed by atoms with van der Waals surface area (Å²) in [5, 5.41) is 7.72. The fraction of sp³-hybridized carbons (Fsp3) is 0.333. The number of nitrogens with one attached hydrogen (secondary N) is 2. The van der Waals surface area contributed by atoms with E-state index in [1.54, 1.807) is 36.4 Å². The molecule has 0 atom stereocenters. The van der Waals surface area contributed by atoms with E-state index in [2.05, 4.69) is 21.1 Å². The standard InChI is InChI=1S/C24H30N4O7/c1-5-34-19-9-7-17(11-21(19)31-3)13-25-27-23(29)15-33-16-24(30)28-26-14-18-8-10-20(35-6-2)22(12-18)32-4/h7-14H,5-6,15-16H2,1-4H3,(H,27,29)(H,28,30)/b25-13-,26-14+. The van der Waals surface area contributed by atoms with Crippen LogP contribution in [0.3, 0.4) is 0 Å². The number of hydrogen-bond donors (Lipinski definition) is 2. The van der Waals surface area contributed by atoms with E-state index in [0.717, 1.165) is 0 Å². The van der Waals surface area contributed by atoms with E-state index in [4.69, 9.17) is 23.7 Å². The van der Waals surface area contributed by atoms with E-state index in [-0.39, 0.29) is 13.2 Å². The molecule has 11 heteroatoms. The van der Waals surface area contributed by atoms with Crippen molar-refractivity contribution < 1.29 is 33.3 Å². The number of nitrogens with zero attached hydrogens (tertiary/aromatic N) is 2. The lowest BCUT2D eigenvalue weighted by Crippen LogP contribution is -2.28. The Kier molecular flexibility index (Phi) is 11.6. The minimum Gasteiger partial charge on any atom is -0.493 e. The Balaban J connectivity index is 1.72. The van der Waals surface area contributed by atoms with Crippen molar-refractivity contribution in [3.05, 3.63) is 47.5 Å². The van der Waals surface area contributed by atoms with Crippen molar-refractivity contribution in [3.8, 4) is 23.0 Å². The number of carbonyl (C=O) groups excluding carboxylic acids is 2. The number of carbonyl (C=O) groups is 2. The topological polar surface area (TPSA) is 129 Å². The third-order valence-corrected chi connectivity index (χ3v) is 4.25. The van der Waals surface area contributed by atoms with Crippen molar-refractivity contribution in [1.29, 1.82) is 0 Å². The first-order valence-electron chi connectivity index (χ1n) is 10.8. The first kappa shape index (κ1) is 27.1. The fourth-order valence-corrected chi connectivity index (χ4v) is 2.74. The molecule has 2 aromatic rings. The third kappa shape index (κ3) is 9.33. The highest BCUT2D eigenvalue weighted by atomic mass is 16.5. The Bertz CT molecular complexity index is 959. The van der Waals surface area contributed by atoms with Gasteiger partial charge in [0.2, 0.25) is 0 Å². The van der Waals surface area contributed by atoms with Gasteiger partial charge in [-0.25, -0.2) is 10.9 Å². The molecule has 2 N–H and O–H groups in total. The molecule has 2 aromatic carbocycles. The molecule has 2 rings (SSSR count). The van der Waals surface area contributed by atoms with Crippen molar-refractivity contribution in [2.45, 2.75) is 13.8 Å². The van der Waals surface area contributed by atoms with Crippen LogP contribution in [0.15, 0.2) is 46.6 Å². The molecule has 0 saturated heterocycles. The lowest BCUT2D eigenvalue weighted by atomic mass is 10.2. The van der Waals surface area contributed by atoms with Crippen LogP contribution in [0.4, 0.5) is 0 Å². The fourth-order valence-electron chi connectivity index (χ4n) is 2.74. The second-order valence-corrected chi connectivity index (χ2v) is 6.77. The summed E-state index contributed by atoms with van der Waals surface area (Å²) in [6.07, 6.45) is 2.90. The summed E-state index contributed by atoms with van der Waals surface area (Å²) in [4.78, 5) is 23.7. The van der Waals surface area contributed by atoms with Crippen LogP contribution in [0.2, 0.25) is 0 Å². The lowest BCUT2D eigenvalue weighted by molar-refractivity contribution is -0.130. The zero-order valence-electron chi connectivity index (χ0n) is 20.2. The van der Waals surface area contributed by atoms with Gasteiger partial charge >= 0.3 is 0 Å². The van der Waals surface area contributed by atoms with Crippen molar-refractivity contribution in [3.63, 3.8) is 0 Å². The summed E-state index contributed by atoms with van der Waals surface area (Å²) in [5.74, 6) is 1.31. The Morgan fingerprint density at radius 2 is 1.17 bits per heavy atom. The Morgan fingerprint density at radius 3 is 1.54 bits per heavy atom. The Hall–Kier alpha value is -4.12. The van der Waals surface area contributed by atoms with Gasteiger partial charge in [-0.15, -0.1) is 0 Å². The highest BCUT2D eigenvalue weighted by Crippen LogP contribution is 2.28. The lowest BCUT2D eigenvalue weighted by Gasteiger charge is -2.09. The largest absolute Gasteiger partial charge is 0.493 e. The van der Waals surface area contributed by atoms with Gasteiger partial charge in [-0.1, -0.05) is 0 Å². The van der Waals surface area contributed by atoms with Crippen LogP contribution in [-0.2, 0) is 14.3 Å². The monoisotopic (exact) mass is 486 g/mol. The van der Waals surface area contributed by atoms with Crippen molar-refractivity contribution in [2.24, 2.45) is 10.2 Å². The number of rotatable bonds is 14. The predicted octanol–water partition coefficient (Wildman–Crippen LogP) is 2.12. The van der Waals surface area contributed by atoms with Crippen LogP contribution in [0.25, 0.3) is 0 Å². The first-order chi connectivity index (χ1) is 17.0. The van der Waals surface area contributed by atoms with Gasteiger partial charge in [0.25, 0.3) is 11.8 Å². The van der Waals surface area contributed by atoms with E-state index in [0.29, 0.717) is 47.3 Å². The van der Waals surface area contributed by atoms with Gasteiger partial charge in [-0.05, 0) is 61.4 Å². The minimum absolute atomic E-state index is 0.350. The molecular weight excluding hydrogens is 456 g/mol. The number of hydrogen-bond acceptors (Lipinski definition) is 9. The zero-order valence-corrected chi connectivity index (χ0v) is 20.2. The molecule has 0 fully saturated rings. The van der Waals surface area contributed by atoms with Crippen LogP contribution in [0.5, 0.6) is 23.0 Å². The third-order valence-electron chi connectivity index (χ3n) is 4.25. The molecule has 0 aliphatic rings. The summed E-state index contributed by atoms with van der Waals surface area (Å²) in [7, 11) is 3.08. The van der Waals surface area contributed by atoms with Gasteiger partial charge in [0.1, 0.15) is 13.2 Å². The average molecular weight is 487 g/mol. The van der Waals surface area contributed by atoms with E-state index in [9.17, 15) is 9.59 Å². The Labute approximate surface area is 204 Å². The SMILES string of the molecule is CCOc1ccc(/C=N\NC(=O)COCC(=O)N/N=C/c2ccc(OCC)c(OC)c2)cc1OC. The smallest absolute Gasteiger partial charge is 0.266 e. The Morgan fingerprint density at radius 1 is 0.743 bits per heavy atom. The molecule has 0 saturated carbocycles. The highest BCUT2D eigenvalue weighted by Gasteiger charge is 2.07. The van der Waals surface area contributed by atoms with Gasteiger partial charge in [-0.3, -0.25) is 9.59 Å². The number of benzene rings is 2. The van der Waals surface area contributed by atoms with Crippen LogP contribution in [0, 0.1) is 0 Å². The molecule has 0 aliphatic heterocycles. The van der Waals surface area contributed by atoms with Crippen LogP contribution in [0.1, 0.15) is 25.0 Å². The molecule has 35 heavy (non-hydrogen) atoms. The molecule has 0 heterocycles. The van der Waals surface area contributed by atoms with Crippen molar-refractivity contribution in [1.82, 2.24) is 10.9 Å². The van der Waals surface area contributed by atoms with Gasteiger partial charge < -0.3 is 23.7 Å². The van der Waals surface area contributed by atoms with E-state index in [1.165, 1.54) is 26.6 Å². The number of ether oxygens (including phenoxy) is 5. The number of amides is 2. The summed E-state index contributed by atoms with van der Waals surface area (Å²) in [5.41, 5.74) is 6.05. The van der Waals surface area contributed by atoms with Gasteiger partial charge in [0, 0.05) is 0 Å². The molecular formula is C24H30N4O7. The maximum atomic E-state index is 11.8. The van der Waals surface area contributed by atoms with Gasteiger partial charge in [0.05, 0.1) is 39.9 Å². The van der Waals surface area contributed by atoms with Crippen LogP contribution in [-0.4, -0.2) is 64.9 Å². The van der Waals surface area contributed by atoms with Crippen LogP contribution < -0.4 is 29.8 Å². The minimum atomic E-state index is -0.517. The molecule has 11 nitrogen and oxygen atoms in total. The normalized spacial score (nSPS) is 10.9. The summed E-state index contributed by atoms with van der Waals surface area (Å²) < 4.78 is 26.5. The molecule has 0 bridgehead atoms. The average Bonchev–Trinajstić information content (AvgIpc) is 2.86. The van der Waals surface area contributed by atoms with E-state index < -0.39 is 11.8 Å². The molecule has 0 aliphatic carbocycles. The number of hydrazone groups is 2. The number of methoxy groups -OCH3 is 2. The second-order valence-electron chi connectivity index (χ2n) is 6.77. The molecule has 188 valence electrons. The summed E-state index contributed by atoms with van der Waals surface area (Å²) >= 11 is 0. The maximum Gasteiger partial charge on any atom is 0.266 e. The molecule has 0 spiro atoms. The maximum absolute atomic E-state index is 11.8. The van der Waals surface area contributed by atoms with Gasteiger partial charge in [-0.2, -0.15) is 10.2 Å². The molecule has 0 radical (unpaired) electrons. The van der Waals surface area contributed by atoms with Crippen LogP contribution >= 0.6 is 0 Å². The molecule has 0 unspecified atom stereocenters. The summed E-state index contributed by atoms with van der Waals surface area (Å²) in [6, 6.07) is 10.5. The van der Waals surface area contributed by atoms with Crippen molar-refractivity contribution >= 4 is 24.2 Å². The molecule has 2 amide bonds. The second kappa shape index (κ2) is 14.9. The van der Waals surface area contributed by atoms with Gasteiger partial charge in [0.15, 0.2) is 23.0 Å². The predicted molar refractivity (Wildman–Crippen MR) is 131 cm³/mol. The van der Waals surface area contributed by atoms with Crippen molar-refractivity contribution in [2.75, 3.05) is 40.6 Å². The quantitative estimate of drug-likeness (QED) is 0.309. The summed E-state index contributed by atoms with van der Waals surface area (Å²) in [6.45, 7) is 4.09. The molecule has 0 aromatic heterocycles. The zero-order chi connectivity index (χ0) is 25.5. The van der Waals surface area contributed by atoms with E-state index in [1.807, 2.05) is 13.8 Å².